The highest BCUT2D eigenvalue weighted by molar-refractivity contribution is 8.16. The second-order valence-electron chi connectivity index (χ2n) is 9.06. The maximum absolute atomic E-state index is 13.5. The van der Waals surface area contributed by atoms with E-state index in [4.69, 9.17) is 4.74 Å². The number of hydrogen-bond acceptors (Lipinski definition) is 6. The second kappa shape index (κ2) is 11.1. The Morgan fingerprint density at radius 1 is 1.00 bits per heavy atom. The van der Waals surface area contributed by atoms with Crippen molar-refractivity contribution < 1.29 is 27.5 Å². The molecule has 0 atom stereocenters. The van der Waals surface area contributed by atoms with Crippen LogP contribution in [0.15, 0.2) is 72.4 Å². The lowest BCUT2D eigenvalue weighted by Crippen LogP contribution is -2.31. The Bertz CT molecular complexity index is 1550. The number of carbonyl (C=O) groups excluding carboxylic acids is 2. The maximum Gasteiger partial charge on any atom is 0.416 e. The molecule has 5 nitrogen and oxygen atoms in total. The first-order valence-corrected chi connectivity index (χ1v) is 14.7. The third-order valence-electron chi connectivity index (χ3n) is 6.79. The average molecular weight is 581 g/mol. The number of aromatic nitrogens is 1. The number of alkyl halides is 3. The van der Waals surface area contributed by atoms with Crippen LogP contribution in [0.3, 0.4) is 0 Å². The molecule has 0 fully saturated rings. The Hall–Kier alpha value is -3.68. The lowest BCUT2D eigenvalue weighted by molar-refractivity contribution is -0.138. The van der Waals surface area contributed by atoms with Gasteiger partial charge in [-0.1, -0.05) is 30.0 Å². The van der Waals surface area contributed by atoms with Crippen molar-refractivity contribution in [2.75, 3.05) is 19.1 Å². The molecular formula is C30H23F3N2O3S2. The first kappa shape index (κ1) is 27.9. The Balaban J connectivity index is 1.57. The molecule has 0 aliphatic carbocycles. The maximum atomic E-state index is 13.5. The predicted octanol–water partition coefficient (Wildman–Crippen LogP) is 6.14. The first-order valence-electron chi connectivity index (χ1n) is 12.2. The van der Waals surface area contributed by atoms with Gasteiger partial charge in [-0.25, -0.2) is 0 Å². The fourth-order valence-electron chi connectivity index (χ4n) is 4.69. The SMILES string of the molecule is CSC1(SC)CCOc2ccc(C#CC3=C(c4ccc(C(F)(F)F)cc4)C(=O)N(Cc4ccccn4)C3=O)cc21. The molecule has 2 aromatic carbocycles. The minimum Gasteiger partial charge on any atom is -0.493 e. The van der Waals surface area contributed by atoms with Crippen LogP contribution in [0, 0.1) is 11.8 Å². The molecule has 1 aromatic heterocycles. The molecular weight excluding hydrogens is 557 g/mol. The number of pyridine rings is 1. The van der Waals surface area contributed by atoms with E-state index in [1.54, 1.807) is 54.0 Å². The number of rotatable bonds is 5. The summed E-state index contributed by atoms with van der Waals surface area (Å²) in [7, 11) is 0. The number of ether oxygens (including phenoxy) is 1. The molecule has 2 amide bonds. The van der Waals surface area contributed by atoms with E-state index < -0.39 is 23.6 Å². The van der Waals surface area contributed by atoms with Crippen molar-refractivity contribution in [1.29, 1.82) is 0 Å². The number of nitrogens with zero attached hydrogens (tertiary/aromatic N) is 2. The van der Waals surface area contributed by atoms with E-state index in [0.717, 1.165) is 34.8 Å². The number of fused-ring (bicyclic) bond motifs is 1. The van der Waals surface area contributed by atoms with Crippen molar-refractivity contribution in [2.45, 2.75) is 23.2 Å². The Labute approximate surface area is 238 Å². The van der Waals surface area contributed by atoms with E-state index in [-0.39, 0.29) is 27.3 Å². The quantitative estimate of drug-likeness (QED) is 0.206. The van der Waals surface area contributed by atoms with E-state index in [2.05, 4.69) is 16.8 Å². The monoisotopic (exact) mass is 580 g/mol. The van der Waals surface area contributed by atoms with Crippen LogP contribution in [-0.4, -0.2) is 40.8 Å². The van der Waals surface area contributed by atoms with Crippen molar-refractivity contribution >= 4 is 40.9 Å². The topological polar surface area (TPSA) is 59.5 Å². The first-order chi connectivity index (χ1) is 19.2. The van der Waals surface area contributed by atoms with Gasteiger partial charge in [0.25, 0.3) is 11.8 Å². The average Bonchev–Trinajstić information content (AvgIpc) is 3.20. The summed E-state index contributed by atoms with van der Waals surface area (Å²) in [5.41, 5.74) is 1.33. The van der Waals surface area contributed by atoms with Crippen molar-refractivity contribution in [1.82, 2.24) is 9.88 Å². The summed E-state index contributed by atoms with van der Waals surface area (Å²) in [5, 5.41) is 0. The zero-order chi connectivity index (χ0) is 28.5. The minimum atomic E-state index is -4.53. The molecule has 0 radical (unpaired) electrons. The standard InChI is InChI=1S/C30H23F3N2O3S2/c1-39-29(40-2)14-16-38-25-13-7-19(17-24(25)29)6-12-23-26(20-8-10-21(11-9-20)30(31,32)33)28(37)35(27(23)36)18-22-5-3-4-15-34-22/h3-5,7-11,13,15,17H,14,16,18H2,1-2H3. The Morgan fingerprint density at radius 2 is 1.75 bits per heavy atom. The van der Waals surface area contributed by atoms with E-state index in [1.807, 2.05) is 24.6 Å². The van der Waals surface area contributed by atoms with Crippen LogP contribution in [-0.2, 0) is 26.4 Å². The number of carbonyl (C=O) groups is 2. The van der Waals surface area contributed by atoms with E-state index in [1.165, 1.54) is 12.1 Å². The number of halogens is 3. The zero-order valence-corrected chi connectivity index (χ0v) is 23.2. The van der Waals surface area contributed by atoms with E-state index in [0.29, 0.717) is 17.9 Å². The van der Waals surface area contributed by atoms with Crippen LogP contribution < -0.4 is 4.74 Å². The molecule has 2 aliphatic heterocycles. The smallest absolute Gasteiger partial charge is 0.416 e. The molecule has 40 heavy (non-hydrogen) atoms. The zero-order valence-electron chi connectivity index (χ0n) is 21.5. The molecule has 3 aromatic rings. The molecule has 0 bridgehead atoms. The van der Waals surface area contributed by atoms with Gasteiger partial charge in [-0.05, 0) is 60.5 Å². The predicted molar refractivity (Wildman–Crippen MR) is 150 cm³/mol. The third kappa shape index (κ3) is 5.23. The van der Waals surface area contributed by atoms with Gasteiger partial charge in [0.1, 0.15) is 11.3 Å². The number of imide groups is 1. The van der Waals surface area contributed by atoms with Crippen LogP contribution in [0.5, 0.6) is 5.75 Å². The number of amides is 2. The fraction of sp³-hybridized carbons (Fsp3) is 0.233. The summed E-state index contributed by atoms with van der Waals surface area (Å²) < 4.78 is 45.2. The largest absolute Gasteiger partial charge is 0.493 e. The van der Waals surface area contributed by atoms with Crippen LogP contribution >= 0.6 is 23.5 Å². The Kier molecular flexibility index (Phi) is 7.71. The van der Waals surface area contributed by atoms with Gasteiger partial charge in [-0.15, -0.1) is 23.5 Å². The fourth-order valence-corrected chi connectivity index (χ4v) is 6.69. The van der Waals surface area contributed by atoms with Gasteiger partial charge in [0.2, 0.25) is 0 Å². The minimum absolute atomic E-state index is 0.0361. The van der Waals surface area contributed by atoms with Gasteiger partial charge in [0.05, 0.1) is 34.1 Å². The van der Waals surface area contributed by atoms with E-state index in [9.17, 15) is 22.8 Å². The van der Waals surface area contributed by atoms with Gasteiger partial charge in [0.15, 0.2) is 0 Å². The number of thioether (sulfide) groups is 2. The summed E-state index contributed by atoms with van der Waals surface area (Å²) in [4.78, 5) is 32.2. The summed E-state index contributed by atoms with van der Waals surface area (Å²) in [6, 6.07) is 14.9. The summed E-state index contributed by atoms with van der Waals surface area (Å²) in [5.74, 6) is 5.41. The molecule has 0 spiro atoms. The lowest BCUT2D eigenvalue weighted by atomic mass is 9.99. The third-order valence-corrected chi connectivity index (χ3v) is 9.95. The van der Waals surface area contributed by atoms with E-state index >= 15 is 0 Å². The van der Waals surface area contributed by atoms with Gasteiger partial charge < -0.3 is 4.74 Å². The van der Waals surface area contributed by atoms with Gasteiger partial charge in [-0.3, -0.25) is 19.5 Å². The highest BCUT2D eigenvalue weighted by Crippen LogP contribution is 2.52. The van der Waals surface area contributed by atoms with Crippen LogP contribution in [0.1, 0.15) is 34.4 Å². The van der Waals surface area contributed by atoms with Gasteiger partial charge in [-0.2, -0.15) is 13.2 Å². The van der Waals surface area contributed by atoms with Gasteiger partial charge >= 0.3 is 6.18 Å². The molecule has 0 saturated heterocycles. The number of hydrogen-bond donors (Lipinski definition) is 0. The summed E-state index contributed by atoms with van der Waals surface area (Å²) in [6.07, 6.45) is 1.93. The summed E-state index contributed by atoms with van der Waals surface area (Å²) in [6.45, 7) is 0.514. The second-order valence-corrected chi connectivity index (χ2v) is 11.5. The molecule has 0 unspecified atom stereocenters. The van der Waals surface area contributed by atoms with Crippen LogP contribution in [0.4, 0.5) is 13.2 Å². The van der Waals surface area contributed by atoms with Crippen molar-refractivity contribution in [3.63, 3.8) is 0 Å². The molecule has 0 N–H and O–H groups in total. The molecule has 0 saturated carbocycles. The molecule has 2 aliphatic rings. The molecule has 5 rings (SSSR count). The van der Waals surface area contributed by atoms with Crippen molar-refractivity contribution in [3.8, 4) is 17.6 Å². The summed E-state index contributed by atoms with van der Waals surface area (Å²) >= 11 is 3.45. The van der Waals surface area contributed by atoms with Crippen LogP contribution in [0.2, 0.25) is 0 Å². The normalized spacial score (nSPS) is 16.4. The Morgan fingerprint density at radius 3 is 2.40 bits per heavy atom. The van der Waals surface area contributed by atoms with Crippen LogP contribution in [0.25, 0.3) is 5.57 Å². The molecule has 204 valence electrons. The number of benzene rings is 2. The van der Waals surface area contributed by atoms with Crippen molar-refractivity contribution in [2.24, 2.45) is 0 Å². The van der Waals surface area contributed by atoms with Gasteiger partial charge in [0, 0.05) is 23.7 Å². The highest BCUT2D eigenvalue weighted by atomic mass is 32.2. The molecule has 3 heterocycles. The highest BCUT2D eigenvalue weighted by Gasteiger charge is 2.40. The molecule has 10 heteroatoms. The lowest BCUT2D eigenvalue weighted by Gasteiger charge is -2.36. The van der Waals surface area contributed by atoms with Crippen molar-refractivity contribution in [3.05, 3.63) is 100 Å².